The SMILES string of the molecule is CC(=O)Nc1ccc(NC(=O)[C@H](C)OC(=O)CCNC(=O)Nc2ccccc2)cc1. The molecule has 4 N–H and O–H groups in total. The molecule has 0 aliphatic heterocycles. The lowest BCUT2D eigenvalue weighted by molar-refractivity contribution is -0.153. The van der Waals surface area contributed by atoms with E-state index in [9.17, 15) is 19.2 Å². The summed E-state index contributed by atoms with van der Waals surface area (Å²) in [5.41, 5.74) is 1.73. The quantitative estimate of drug-likeness (QED) is 0.496. The van der Waals surface area contributed by atoms with Crippen molar-refractivity contribution >= 4 is 40.9 Å². The Kier molecular flexibility index (Phi) is 8.37. The molecule has 0 aliphatic rings. The molecule has 0 aromatic heterocycles. The van der Waals surface area contributed by atoms with E-state index >= 15 is 0 Å². The van der Waals surface area contributed by atoms with Gasteiger partial charge in [-0.1, -0.05) is 18.2 Å². The third-order valence-corrected chi connectivity index (χ3v) is 3.80. The molecule has 9 heteroatoms. The number of hydrogen-bond acceptors (Lipinski definition) is 5. The van der Waals surface area contributed by atoms with E-state index in [1.165, 1.54) is 13.8 Å². The van der Waals surface area contributed by atoms with E-state index in [0.717, 1.165) is 0 Å². The van der Waals surface area contributed by atoms with Gasteiger partial charge in [0.1, 0.15) is 0 Å². The number of para-hydroxylation sites is 1. The molecule has 9 nitrogen and oxygen atoms in total. The normalized spacial score (nSPS) is 11.0. The second-order valence-corrected chi connectivity index (χ2v) is 6.38. The van der Waals surface area contributed by atoms with Gasteiger partial charge in [-0.25, -0.2) is 4.79 Å². The number of urea groups is 1. The van der Waals surface area contributed by atoms with Crippen molar-refractivity contribution in [1.82, 2.24) is 5.32 Å². The maximum atomic E-state index is 12.2. The predicted molar refractivity (Wildman–Crippen MR) is 113 cm³/mol. The fourth-order valence-corrected chi connectivity index (χ4v) is 2.37. The Morgan fingerprint density at radius 1 is 0.833 bits per heavy atom. The minimum absolute atomic E-state index is 0.0659. The van der Waals surface area contributed by atoms with E-state index in [2.05, 4.69) is 21.3 Å². The number of ether oxygens (including phenoxy) is 1. The molecular formula is C21H24N4O5. The molecule has 0 heterocycles. The van der Waals surface area contributed by atoms with Gasteiger partial charge in [0, 0.05) is 30.5 Å². The topological polar surface area (TPSA) is 126 Å². The third kappa shape index (κ3) is 8.01. The molecule has 0 spiro atoms. The maximum absolute atomic E-state index is 12.2. The Bertz CT molecular complexity index is 884. The molecule has 0 aliphatic carbocycles. The molecule has 0 saturated heterocycles. The van der Waals surface area contributed by atoms with Crippen molar-refractivity contribution in [3.63, 3.8) is 0 Å². The van der Waals surface area contributed by atoms with Gasteiger partial charge in [-0.3, -0.25) is 14.4 Å². The highest BCUT2D eigenvalue weighted by atomic mass is 16.5. The molecule has 1 atom stereocenters. The maximum Gasteiger partial charge on any atom is 0.319 e. The number of esters is 1. The molecule has 30 heavy (non-hydrogen) atoms. The Hall–Kier alpha value is -3.88. The van der Waals surface area contributed by atoms with Gasteiger partial charge in [-0.15, -0.1) is 0 Å². The molecule has 0 radical (unpaired) electrons. The van der Waals surface area contributed by atoms with Crippen LogP contribution in [-0.4, -0.2) is 36.5 Å². The lowest BCUT2D eigenvalue weighted by Crippen LogP contribution is -2.33. The fraction of sp³-hybridized carbons (Fsp3) is 0.238. The molecule has 0 unspecified atom stereocenters. The average Bonchev–Trinajstić information content (AvgIpc) is 2.69. The largest absolute Gasteiger partial charge is 0.452 e. The number of amides is 4. The van der Waals surface area contributed by atoms with Crippen LogP contribution < -0.4 is 21.3 Å². The van der Waals surface area contributed by atoms with Gasteiger partial charge in [0.2, 0.25) is 5.91 Å². The van der Waals surface area contributed by atoms with Gasteiger partial charge in [-0.05, 0) is 43.3 Å². The first-order valence-electron chi connectivity index (χ1n) is 9.31. The van der Waals surface area contributed by atoms with Crippen molar-refractivity contribution in [3.8, 4) is 0 Å². The lowest BCUT2D eigenvalue weighted by Gasteiger charge is -2.14. The smallest absolute Gasteiger partial charge is 0.319 e. The van der Waals surface area contributed by atoms with E-state index in [-0.39, 0.29) is 18.9 Å². The van der Waals surface area contributed by atoms with Crippen LogP contribution in [0.25, 0.3) is 0 Å². The van der Waals surface area contributed by atoms with Crippen LogP contribution >= 0.6 is 0 Å². The monoisotopic (exact) mass is 412 g/mol. The summed E-state index contributed by atoms with van der Waals surface area (Å²) < 4.78 is 5.08. The highest BCUT2D eigenvalue weighted by molar-refractivity contribution is 5.95. The van der Waals surface area contributed by atoms with Crippen LogP contribution in [0.3, 0.4) is 0 Å². The molecule has 0 bridgehead atoms. The molecule has 158 valence electrons. The molecule has 2 aromatic rings. The average molecular weight is 412 g/mol. The summed E-state index contributed by atoms with van der Waals surface area (Å²) in [7, 11) is 0. The van der Waals surface area contributed by atoms with Gasteiger partial charge in [0.05, 0.1) is 6.42 Å². The van der Waals surface area contributed by atoms with Gasteiger partial charge in [0.25, 0.3) is 5.91 Å². The Balaban J connectivity index is 1.69. The third-order valence-electron chi connectivity index (χ3n) is 3.80. The first-order valence-corrected chi connectivity index (χ1v) is 9.31. The van der Waals surface area contributed by atoms with Crippen LogP contribution in [0.1, 0.15) is 20.3 Å². The second kappa shape index (κ2) is 11.2. The highest BCUT2D eigenvalue weighted by Crippen LogP contribution is 2.14. The van der Waals surface area contributed by atoms with Crippen LogP contribution in [0, 0.1) is 0 Å². The van der Waals surface area contributed by atoms with Crippen LogP contribution in [0.4, 0.5) is 21.9 Å². The minimum Gasteiger partial charge on any atom is -0.452 e. The number of carbonyl (C=O) groups is 4. The zero-order valence-electron chi connectivity index (χ0n) is 16.7. The zero-order chi connectivity index (χ0) is 21.9. The zero-order valence-corrected chi connectivity index (χ0v) is 16.7. The molecule has 2 aromatic carbocycles. The first kappa shape index (κ1) is 22.4. The summed E-state index contributed by atoms with van der Waals surface area (Å²) in [6, 6.07) is 15.0. The van der Waals surface area contributed by atoms with E-state index in [1.807, 2.05) is 6.07 Å². The Morgan fingerprint density at radius 3 is 2.00 bits per heavy atom. The standard InChI is InChI=1S/C21H24N4O5/c1-14(20(28)24-18-10-8-17(9-11-18)23-15(2)26)30-19(27)12-13-22-21(29)25-16-6-4-3-5-7-16/h3-11,14H,12-13H2,1-2H3,(H,23,26)(H,24,28)(H2,22,25,29)/t14-/m0/s1. The van der Waals surface area contributed by atoms with Crippen molar-refractivity contribution in [2.45, 2.75) is 26.4 Å². The van der Waals surface area contributed by atoms with Gasteiger partial charge < -0.3 is 26.0 Å². The van der Waals surface area contributed by atoms with Crippen LogP contribution in [-0.2, 0) is 19.1 Å². The summed E-state index contributed by atoms with van der Waals surface area (Å²) in [6.07, 6.45) is -1.09. The Labute approximate surface area is 174 Å². The van der Waals surface area contributed by atoms with Crippen LogP contribution in [0.15, 0.2) is 54.6 Å². The molecular weight excluding hydrogens is 388 g/mol. The van der Waals surface area contributed by atoms with Crippen molar-refractivity contribution in [1.29, 1.82) is 0 Å². The van der Waals surface area contributed by atoms with Gasteiger partial charge in [-0.2, -0.15) is 0 Å². The number of rotatable bonds is 8. The van der Waals surface area contributed by atoms with Gasteiger partial charge >= 0.3 is 12.0 Å². The second-order valence-electron chi connectivity index (χ2n) is 6.38. The molecule has 0 fully saturated rings. The van der Waals surface area contributed by atoms with Crippen molar-refractivity contribution < 1.29 is 23.9 Å². The summed E-state index contributed by atoms with van der Waals surface area (Å²) in [4.78, 5) is 46.8. The van der Waals surface area contributed by atoms with E-state index in [0.29, 0.717) is 17.1 Å². The van der Waals surface area contributed by atoms with E-state index in [4.69, 9.17) is 4.74 Å². The summed E-state index contributed by atoms with van der Waals surface area (Å²) in [5.74, 6) is -1.30. The minimum atomic E-state index is -1.01. The summed E-state index contributed by atoms with van der Waals surface area (Å²) >= 11 is 0. The van der Waals surface area contributed by atoms with Gasteiger partial charge in [0.15, 0.2) is 6.10 Å². The fourth-order valence-electron chi connectivity index (χ4n) is 2.37. The number of carbonyl (C=O) groups excluding carboxylic acids is 4. The van der Waals surface area contributed by atoms with Crippen LogP contribution in [0.2, 0.25) is 0 Å². The van der Waals surface area contributed by atoms with Crippen molar-refractivity contribution in [2.24, 2.45) is 0 Å². The molecule has 0 saturated carbocycles. The summed E-state index contributed by atoms with van der Waals surface area (Å²) in [5, 5.41) is 10.4. The number of hydrogen-bond donors (Lipinski definition) is 4. The first-order chi connectivity index (χ1) is 14.3. The lowest BCUT2D eigenvalue weighted by atomic mass is 10.2. The Morgan fingerprint density at radius 2 is 1.40 bits per heavy atom. The van der Waals surface area contributed by atoms with Crippen molar-refractivity contribution in [3.05, 3.63) is 54.6 Å². The number of benzene rings is 2. The number of anilines is 3. The molecule has 4 amide bonds. The van der Waals surface area contributed by atoms with E-state index in [1.54, 1.807) is 48.5 Å². The van der Waals surface area contributed by atoms with Crippen molar-refractivity contribution in [2.75, 3.05) is 22.5 Å². The predicted octanol–water partition coefficient (Wildman–Crippen LogP) is 2.73. The van der Waals surface area contributed by atoms with Crippen LogP contribution in [0.5, 0.6) is 0 Å². The molecule has 2 rings (SSSR count). The summed E-state index contributed by atoms with van der Waals surface area (Å²) in [6.45, 7) is 2.92. The highest BCUT2D eigenvalue weighted by Gasteiger charge is 2.18. The van der Waals surface area contributed by atoms with E-state index < -0.39 is 24.0 Å². The number of nitrogens with one attached hydrogen (secondary N) is 4.